The van der Waals surface area contributed by atoms with Crippen molar-refractivity contribution in [2.45, 2.75) is 6.42 Å². The molecule has 19 heavy (non-hydrogen) atoms. The van der Waals surface area contributed by atoms with E-state index in [0.29, 0.717) is 0 Å². The first-order valence-electron chi connectivity index (χ1n) is 5.98. The van der Waals surface area contributed by atoms with Crippen molar-refractivity contribution in [2.24, 2.45) is 0 Å². The van der Waals surface area contributed by atoms with Crippen LogP contribution >= 0.6 is 22.6 Å². The van der Waals surface area contributed by atoms with Gasteiger partial charge in [-0.2, -0.15) is 0 Å². The van der Waals surface area contributed by atoms with E-state index in [0.717, 1.165) is 27.5 Å². The van der Waals surface area contributed by atoms with Crippen molar-refractivity contribution in [2.75, 3.05) is 4.43 Å². The van der Waals surface area contributed by atoms with Crippen molar-refractivity contribution in [1.29, 1.82) is 0 Å². The third kappa shape index (κ3) is 3.86. The van der Waals surface area contributed by atoms with Gasteiger partial charge in [0, 0.05) is 4.43 Å². The summed E-state index contributed by atoms with van der Waals surface area (Å²) < 4.78 is 27.0. The molecule has 0 atom stereocenters. The molecule has 0 heterocycles. The molecule has 0 amide bonds. The molecule has 0 saturated heterocycles. The van der Waals surface area contributed by atoms with E-state index in [1.807, 2.05) is 0 Å². The Morgan fingerprint density at radius 1 is 0.842 bits per heavy atom. The number of benzene rings is 2. The van der Waals surface area contributed by atoms with Gasteiger partial charge in [0.05, 0.1) is 0 Å². The highest BCUT2D eigenvalue weighted by atomic mass is 127. The molecular weight excluding hydrogens is 357 g/mol. The van der Waals surface area contributed by atoms with Gasteiger partial charge in [-0.15, -0.1) is 0 Å². The largest absolute Gasteiger partial charge is 0.207 e. The molecule has 0 aliphatic rings. The number of alkyl halides is 1. The molecule has 0 aromatic heterocycles. The lowest BCUT2D eigenvalue weighted by Gasteiger charge is -2.08. The van der Waals surface area contributed by atoms with Crippen LogP contribution in [0, 0.1) is 11.6 Å². The van der Waals surface area contributed by atoms with E-state index in [-0.39, 0.29) is 11.6 Å². The van der Waals surface area contributed by atoms with Crippen molar-refractivity contribution in [1.82, 2.24) is 0 Å². The molecule has 0 N–H and O–H groups in total. The molecule has 2 aromatic rings. The molecule has 0 nitrogen and oxygen atoms in total. The highest BCUT2D eigenvalue weighted by Crippen LogP contribution is 2.24. The van der Waals surface area contributed by atoms with Crippen LogP contribution in [0.3, 0.4) is 0 Å². The fraction of sp³-hybridized carbons (Fsp3) is 0.125. The Labute approximate surface area is 125 Å². The third-order valence-electron chi connectivity index (χ3n) is 2.77. The van der Waals surface area contributed by atoms with E-state index in [9.17, 15) is 8.78 Å². The smallest absolute Gasteiger partial charge is 0.123 e. The third-order valence-corrected chi connectivity index (χ3v) is 3.39. The maximum absolute atomic E-state index is 13.0. The van der Waals surface area contributed by atoms with Crippen LogP contribution in [0.2, 0.25) is 0 Å². The Bertz CT molecular complexity index is 509. The molecule has 0 spiro atoms. The highest BCUT2D eigenvalue weighted by molar-refractivity contribution is 14.1. The van der Waals surface area contributed by atoms with Gasteiger partial charge in [-0.1, -0.05) is 52.9 Å². The fourth-order valence-corrected chi connectivity index (χ4v) is 2.17. The van der Waals surface area contributed by atoms with E-state index >= 15 is 0 Å². The molecule has 0 aliphatic carbocycles. The van der Waals surface area contributed by atoms with E-state index in [2.05, 4.69) is 28.7 Å². The van der Waals surface area contributed by atoms with Crippen molar-refractivity contribution >= 4 is 28.2 Å². The van der Waals surface area contributed by atoms with Crippen molar-refractivity contribution in [3.63, 3.8) is 0 Å². The van der Waals surface area contributed by atoms with Crippen LogP contribution in [0.5, 0.6) is 0 Å². The van der Waals surface area contributed by atoms with Gasteiger partial charge in [0.1, 0.15) is 11.6 Å². The Balaban J connectivity index is 2.41. The van der Waals surface area contributed by atoms with Gasteiger partial charge in [-0.25, -0.2) is 8.78 Å². The van der Waals surface area contributed by atoms with Crippen molar-refractivity contribution in [3.8, 4) is 0 Å². The van der Waals surface area contributed by atoms with Gasteiger partial charge in [-0.05, 0) is 47.4 Å². The standard InChI is InChI=1S/C16H13F2I/c17-14-7-3-12(4-8-14)16(2-1-11-19)13-5-9-15(18)10-6-13/h2-10H,1,11H2. The van der Waals surface area contributed by atoms with Crippen LogP contribution in [-0.2, 0) is 0 Å². The normalized spacial score (nSPS) is 10.3. The summed E-state index contributed by atoms with van der Waals surface area (Å²) >= 11 is 2.31. The lowest BCUT2D eigenvalue weighted by Crippen LogP contribution is -1.90. The molecule has 2 aromatic carbocycles. The molecule has 0 unspecified atom stereocenters. The average Bonchev–Trinajstić information content (AvgIpc) is 2.43. The molecule has 0 bridgehead atoms. The SMILES string of the molecule is Fc1ccc(C(=CCCI)c2ccc(F)cc2)cc1. The maximum Gasteiger partial charge on any atom is 0.123 e. The first kappa shape index (κ1) is 14.2. The van der Waals surface area contributed by atoms with E-state index < -0.39 is 0 Å². The van der Waals surface area contributed by atoms with Crippen LogP contribution in [0.25, 0.3) is 5.57 Å². The van der Waals surface area contributed by atoms with Gasteiger partial charge < -0.3 is 0 Å². The summed E-state index contributed by atoms with van der Waals surface area (Å²) in [6.07, 6.45) is 3.03. The van der Waals surface area contributed by atoms with Gasteiger partial charge in [0.2, 0.25) is 0 Å². The zero-order valence-corrected chi connectivity index (χ0v) is 12.4. The Morgan fingerprint density at radius 2 is 1.26 bits per heavy atom. The number of halogens is 3. The summed E-state index contributed by atoms with van der Waals surface area (Å²) in [5, 5.41) is 0. The van der Waals surface area contributed by atoms with Gasteiger partial charge >= 0.3 is 0 Å². The lowest BCUT2D eigenvalue weighted by atomic mass is 9.97. The minimum absolute atomic E-state index is 0.254. The second kappa shape index (κ2) is 6.80. The quantitative estimate of drug-likeness (QED) is 0.511. The van der Waals surface area contributed by atoms with Crippen molar-refractivity contribution < 1.29 is 8.78 Å². The van der Waals surface area contributed by atoms with Crippen molar-refractivity contribution in [3.05, 3.63) is 77.4 Å². The first-order chi connectivity index (χ1) is 9.20. The number of hydrogen-bond donors (Lipinski definition) is 0. The van der Waals surface area contributed by atoms with Gasteiger partial charge in [-0.3, -0.25) is 0 Å². The topological polar surface area (TPSA) is 0 Å². The predicted octanol–water partition coefficient (Wildman–Crippen LogP) is 5.22. The number of rotatable bonds is 4. The molecular formula is C16H13F2I. The average molecular weight is 370 g/mol. The number of allylic oxidation sites excluding steroid dienone is 1. The highest BCUT2D eigenvalue weighted by Gasteiger charge is 2.05. The van der Waals surface area contributed by atoms with Crippen LogP contribution in [0.1, 0.15) is 17.5 Å². The van der Waals surface area contributed by atoms with Crippen LogP contribution < -0.4 is 0 Å². The lowest BCUT2D eigenvalue weighted by molar-refractivity contribution is 0.627. The fourth-order valence-electron chi connectivity index (χ4n) is 1.86. The summed E-state index contributed by atoms with van der Waals surface area (Å²) in [7, 11) is 0. The summed E-state index contributed by atoms with van der Waals surface area (Å²) in [5.41, 5.74) is 2.90. The molecule has 0 saturated carbocycles. The minimum Gasteiger partial charge on any atom is -0.207 e. The Morgan fingerprint density at radius 3 is 1.63 bits per heavy atom. The second-order valence-electron chi connectivity index (χ2n) is 4.11. The Kier molecular flexibility index (Phi) is 5.07. The summed E-state index contributed by atoms with van der Waals surface area (Å²) in [6.45, 7) is 0. The van der Waals surface area contributed by atoms with E-state index in [4.69, 9.17) is 0 Å². The van der Waals surface area contributed by atoms with E-state index in [1.165, 1.54) is 24.3 Å². The summed E-state index contributed by atoms with van der Waals surface area (Å²) in [6, 6.07) is 12.8. The van der Waals surface area contributed by atoms with Crippen LogP contribution in [0.15, 0.2) is 54.6 Å². The zero-order valence-electron chi connectivity index (χ0n) is 10.2. The summed E-state index contributed by atoms with van der Waals surface area (Å²) in [4.78, 5) is 0. The molecule has 0 aliphatic heterocycles. The number of hydrogen-bond acceptors (Lipinski definition) is 0. The predicted molar refractivity (Wildman–Crippen MR) is 83.4 cm³/mol. The van der Waals surface area contributed by atoms with E-state index in [1.54, 1.807) is 24.3 Å². The zero-order chi connectivity index (χ0) is 13.7. The van der Waals surface area contributed by atoms with Gasteiger partial charge in [0.25, 0.3) is 0 Å². The van der Waals surface area contributed by atoms with Crippen LogP contribution in [0.4, 0.5) is 8.78 Å². The molecule has 0 fully saturated rings. The monoisotopic (exact) mass is 370 g/mol. The molecule has 98 valence electrons. The summed E-state index contributed by atoms with van der Waals surface area (Å²) in [5.74, 6) is -0.507. The maximum atomic E-state index is 13.0. The first-order valence-corrected chi connectivity index (χ1v) is 7.51. The Hall–Kier alpha value is -1.23. The second-order valence-corrected chi connectivity index (χ2v) is 5.19. The molecule has 0 radical (unpaired) electrons. The molecule has 3 heteroatoms. The van der Waals surface area contributed by atoms with Crippen LogP contribution in [-0.4, -0.2) is 4.43 Å². The van der Waals surface area contributed by atoms with Gasteiger partial charge in [0.15, 0.2) is 0 Å². The molecule has 2 rings (SSSR count). The minimum atomic E-state index is -0.254.